The molecule has 0 saturated carbocycles. The molecule has 0 amide bonds. The van der Waals surface area contributed by atoms with Gasteiger partial charge in [0.15, 0.2) is 0 Å². The maximum absolute atomic E-state index is 5.98. The Morgan fingerprint density at radius 1 is 0.611 bits per heavy atom. The Morgan fingerprint density at radius 3 is 1.67 bits per heavy atom. The number of hydrogen-bond acceptors (Lipinski definition) is 3. The summed E-state index contributed by atoms with van der Waals surface area (Å²) in [6.45, 7) is 6.60. The second-order valence-corrected chi connectivity index (χ2v) is 10.7. The van der Waals surface area contributed by atoms with Crippen LogP contribution in [0.3, 0.4) is 0 Å². The lowest BCUT2D eigenvalue weighted by Gasteiger charge is -2.18. The fourth-order valence-corrected chi connectivity index (χ4v) is 4.38. The lowest BCUT2D eigenvalue weighted by Crippen LogP contribution is -2.10. The Balaban J connectivity index is 1.28. The second-order valence-electron chi connectivity index (χ2n) is 9.83. The molecule has 0 aliphatic carbocycles. The molecule has 5 rings (SSSR count). The number of aromatic nitrogens is 2. The van der Waals surface area contributed by atoms with Crippen LogP contribution in [-0.4, -0.2) is 10.2 Å². The smallest absolute Gasteiger partial charge is 0.248 e. The molecule has 0 spiro atoms. The molecule has 0 bridgehead atoms. The first-order valence-electron chi connectivity index (χ1n) is 11.9. The van der Waals surface area contributed by atoms with Gasteiger partial charge in [0.05, 0.1) is 0 Å². The normalized spacial score (nSPS) is 11.8. The largest absolute Gasteiger partial charge is 0.416 e. The highest BCUT2D eigenvalue weighted by Gasteiger charge is 2.15. The van der Waals surface area contributed by atoms with Crippen LogP contribution in [0.4, 0.5) is 0 Å². The summed E-state index contributed by atoms with van der Waals surface area (Å²) in [4.78, 5) is 0. The molecule has 0 fully saturated rings. The SMILES string of the molecule is CC(C)(C)c1ccc(-c2nnc(-c3ccc(-c4ccc(C=Cc5cccc(Br)c5)cc4)cc3)o2)cc1. The predicted octanol–water partition coefficient (Wildman–Crippen LogP) is 9.30. The van der Waals surface area contributed by atoms with E-state index in [4.69, 9.17) is 4.42 Å². The van der Waals surface area contributed by atoms with Crippen LogP contribution in [0.2, 0.25) is 0 Å². The number of nitrogens with zero attached hydrogens (tertiary/aromatic N) is 2. The van der Waals surface area contributed by atoms with Gasteiger partial charge in [-0.2, -0.15) is 0 Å². The van der Waals surface area contributed by atoms with Crippen LogP contribution < -0.4 is 0 Å². The van der Waals surface area contributed by atoms with E-state index in [0.29, 0.717) is 11.8 Å². The van der Waals surface area contributed by atoms with Crippen molar-refractivity contribution < 1.29 is 4.42 Å². The molecule has 36 heavy (non-hydrogen) atoms. The summed E-state index contributed by atoms with van der Waals surface area (Å²) in [5, 5.41) is 8.53. The van der Waals surface area contributed by atoms with Crippen molar-refractivity contribution in [3.63, 3.8) is 0 Å². The number of hydrogen-bond donors (Lipinski definition) is 0. The first kappa shape index (κ1) is 24.0. The van der Waals surface area contributed by atoms with Crippen LogP contribution in [0.25, 0.3) is 46.2 Å². The average Bonchev–Trinajstić information content (AvgIpc) is 3.38. The van der Waals surface area contributed by atoms with Crippen molar-refractivity contribution in [2.75, 3.05) is 0 Å². The minimum absolute atomic E-state index is 0.108. The van der Waals surface area contributed by atoms with Gasteiger partial charge < -0.3 is 4.42 Å². The highest BCUT2D eigenvalue weighted by Crippen LogP contribution is 2.29. The number of rotatable bonds is 5. The van der Waals surface area contributed by atoms with Gasteiger partial charge in [-0.05, 0) is 69.6 Å². The van der Waals surface area contributed by atoms with E-state index in [-0.39, 0.29) is 5.41 Å². The van der Waals surface area contributed by atoms with E-state index in [0.717, 1.165) is 37.9 Å². The predicted molar refractivity (Wildman–Crippen MR) is 152 cm³/mol. The van der Waals surface area contributed by atoms with Crippen molar-refractivity contribution >= 4 is 28.1 Å². The molecule has 3 nitrogen and oxygen atoms in total. The second kappa shape index (κ2) is 10.1. The van der Waals surface area contributed by atoms with Gasteiger partial charge in [-0.15, -0.1) is 10.2 Å². The standard InChI is InChI=1S/C32H27BrN2O/c1-32(2,3)28-19-17-27(18-20-28)31-35-34-30(36-31)26-15-13-25(14-16-26)24-11-9-22(10-12-24)7-8-23-5-4-6-29(33)21-23/h4-21H,1-3H3. The maximum Gasteiger partial charge on any atom is 0.248 e. The van der Waals surface area contributed by atoms with E-state index in [1.165, 1.54) is 5.56 Å². The molecule has 0 saturated heterocycles. The van der Waals surface area contributed by atoms with Gasteiger partial charge in [0.25, 0.3) is 0 Å². The first-order chi connectivity index (χ1) is 17.3. The van der Waals surface area contributed by atoms with Gasteiger partial charge in [0, 0.05) is 15.6 Å². The zero-order valence-corrected chi connectivity index (χ0v) is 22.2. The molecule has 4 aromatic carbocycles. The van der Waals surface area contributed by atoms with Gasteiger partial charge in [0.2, 0.25) is 11.8 Å². The number of benzene rings is 4. The van der Waals surface area contributed by atoms with Crippen molar-refractivity contribution in [1.29, 1.82) is 0 Å². The van der Waals surface area contributed by atoms with Crippen molar-refractivity contribution in [3.05, 3.63) is 118 Å². The molecule has 0 radical (unpaired) electrons. The zero-order valence-electron chi connectivity index (χ0n) is 20.6. The maximum atomic E-state index is 5.98. The van der Waals surface area contributed by atoms with Crippen molar-refractivity contribution in [1.82, 2.24) is 10.2 Å². The third-order valence-corrected chi connectivity index (χ3v) is 6.61. The van der Waals surface area contributed by atoms with Gasteiger partial charge in [-0.25, -0.2) is 0 Å². The molecule has 0 aliphatic rings. The molecular formula is C32H27BrN2O. The summed E-state index contributed by atoms with van der Waals surface area (Å²) in [6, 6.07) is 33.3. The molecule has 0 unspecified atom stereocenters. The quantitative estimate of drug-likeness (QED) is 0.211. The highest BCUT2D eigenvalue weighted by molar-refractivity contribution is 9.10. The van der Waals surface area contributed by atoms with Crippen molar-refractivity contribution in [3.8, 4) is 34.0 Å². The summed E-state index contributed by atoms with van der Waals surface area (Å²) in [6.07, 6.45) is 4.24. The van der Waals surface area contributed by atoms with Gasteiger partial charge in [0.1, 0.15) is 0 Å². The third-order valence-electron chi connectivity index (χ3n) is 6.12. The Bertz CT molecular complexity index is 1490. The Kier molecular flexibility index (Phi) is 6.71. The van der Waals surface area contributed by atoms with Gasteiger partial charge >= 0.3 is 0 Å². The Morgan fingerprint density at radius 2 is 1.11 bits per heavy atom. The molecule has 0 aliphatic heterocycles. The van der Waals surface area contributed by atoms with Crippen LogP contribution in [0.15, 0.2) is 106 Å². The Hall–Kier alpha value is -3.76. The van der Waals surface area contributed by atoms with Gasteiger partial charge in [-0.1, -0.05) is 110 Å². The minimum atomic E-state index is 0.108. The lowest BCUT2D eigenvalue weighted by molar-refractivity contribution is 0.582. The molecule has 1 aromatic heterocycles. The molecular weight excluding hydrogens is 508 g/mol. The summed E-state index contributed by atoms with van der Waals surface area (Å²) >= 11 is 3.52. The van der Waals surface area contributed by atoms with E-state index in [9.17, 15) is 0 Å². The van der Waals surface area contributed by atoms with Crippen LogP contribution in [0.5, 0.6) is 0 Å². The molecule has 5 aromatic rings. The molecule has 4 heteroatoms. The molecule has 1 heterocycles. The van der Waals surface area contributed by atoms with Gasteiger partial charge in [-0.3, -0.25) is 0 Å². The lowest BCUT2D eigenvalue weighted by atomic mass is 9.87. The third kappa shape index (κ3) is 5.55. The van der Waals surface area contributed by atoms with Crippen molar-refractivity contribution in [2.45, 2.75) is 26.2 Å². The average molecular weight is 535 g/mol. The summed E-state index contributed by atoms with van der Waals surface area (Å²) in [7, 11) is 0. The molecule has 0 atom stereocenters. The van der Waals surface area contributed by atoms with Crippen LogP contribution in [-0.2, 0) is 5.41 Å². The van der Waals surface area contributed by atoms with E-state index in [1.807, 2.05) is 36.4 Å². The van der Waals surface area contributed by atoms with E-state index in [2.05, 4.69) is 120 Å². The topological polar surface area (TPSA) is 38.9 Å². The van der Waals surface area contributed by atoms with Crippen LogP contribution >= 0.6 is 15.9 Å². The van der Waals surface area contributed by atoms with E-state index < -0.39 is 0 Å². The van der Waals surface area contributed by atoms with E-state index in [1.54, 1.807) is 0 Å². The Labute approximate surface area is 220 Å². The highest BCUT2D eigenvalue weighted by atomic mass is 79.9. The fourth-order valence-electron chi connectivity index (χ4n) is 3.96. The summed E-state index contributed by atoms with van der Waals surface area (Å²) in [5.74, 6) is 1.05. The summed E-state index contributed by atoms with van der Waals surface area (Å²) < 4.78 is 7.06. The zero-order chi connectivity index (χ0) is 25.1. The van der Waals surface area contributed by atoms with Crippen molar-refractivity contribution in [2.24, 2.45) is 0 Å². The summed E-state index contributed by atoms with van der Waals surface area (Å²) in [5.41, 5.74) is 7.82. The molecule has 178 valence electrons. The minimum Gasteiger partial charge on any atom is -0.416 e. The monoisotopic (exact) mass is 534 g/mol. The van der Waals surface area contributed by atoms with Crippen LogP contribution in [0.1, 0.15) is 37.5 Å². The molecule has 0 N–H and O–H groups in total. The fraction of sp³-hybridized carbons (Fsp3) is 0.125. The van der Waals surface area contributed by atoms with E-state index >= 15 is 0 Å². The number of halogens is 1. The first-order valence-corrected chi connectivity index (χ1v) is 12.7. The van der Waals surface area contributed by atoms with Crippen LogP contribution in [0, 0.1) is 0 Å².